The monoisotopic (exact) mass is 164 g/mol. The molecule has 0 saturated heterocycles. The van der Waals surface area contributed by atoms with E-state index in [1.807, 2.05) is 0 Å². The molecule has 2 atom stereocenters. The summed E-state index contributed by atoms with van der Waals surface area (Å²) in [6.07, 6.45) is 3.83. The molecule has 2 fully saturated rings. The third kappa shape index (κ3) is 0.802. The number of carbonyl (C=O) groups is 1. The van der Waals surface area contributed by atoms with Gasteiger partial charge < -0.3 is 5.53 Å². The summed E-state index contributed by atoms with van der Waals surface area (Å²) in [5.74, 6) is 0.753. The maximum atomic E-state index is 11.5. The lowest BCUT2D eigenvalue weighted by Crippen LogP contribution is -2.48. The summed E-state index contributed by atoms with van der Waals surface area (Å²) in [6.45, 7) is 2.18. The van der Waals surface area contributed by atoms with E-state index in [0.29, 0.717) is 18.1 Å². The Balaban J connectivity index is 2.19. The lowest BCUT2D eigenvalue weighted by atomic mass is 9.64. The molecule has 0 N–H and O–H groups in total. The van der Waals surface area contributed by atoms with Crippen LogP contribution in [0.25, 0.3) is 5.53 Å². The number of nitrogens with zero attached hydrogens (tertiary/aromatic N) is 2. The zero-order valence-electron chi connectivity index (χ0n) is 7.21. The van der Waals surface area contributed by atoms with Gasteiger partial charge in [-0.15, -0.1) is 0 Å². The zero-order valence-corrected chi connectivity index (χ0v) is 7.21. The van der Waals surface area contributed by atoms with Crippen molar-refractivity contribution in [2.75, 3.05) is 0 Å². The number of hydrogen-bond donors (Lipinski definition) is 0. The SMILES string of the molecule is CC1CCC2(CC(=[N+]=[N-])C2=O)C1. The van der Waals surface area contributed by atoms with Crippen molar-refractivity contribution in [2.45, 2.75) is 32.6 Å². The van der Waals surface area contributed by atoms with Crippen LogP contribution in [0.3, 0.4) is 0 Å². The normalized spacial score (nSPS) is 39.9. The first-order chi connectivity index (χ1) is 5.68. The summed E-state index contributed by atoms with van der Waals surface area (Å²) < 4.78 is 0. The Morgan fingerprint density at radius 1 is 1.67 bits per heavy atom. The first-order valence-electron chi connectivity index (χ1n) is 4.44. The molecule has 0 heterocycles. The van der Waals surface area contributed by atoms with Crippen molar-refractivity contribution in [1.82, 2.24) is 0 Å². The minimum absolute atomic E-state index is 0.0920. The third-order valence-corrected chi connectivity index (χ3v) is 3.23. The van der Waals surface area contributed by atoms with E-state index < -0.39 is 0 Å². The molecule has 12 heavy (non-hydrogen) atoms. The van der Waals surface area contributed by atoms with Crippen molar-refractivity contribution in [3.8, 4) is 0 Å². The van der Waals surface area contributed by atoms with Gasteiger partial charge in [-0.3, -0.25) is 4.79 Å². The molecular weight excluding hydrogens is 152 g/mol. The van der Waals surface area contributed by atoms with Gasteiger partial charge in [0.25, 0.3) is 0 Å². The van der Waals surface area contributed by atoms with E-state index in [9.17, 15) is 4.79 Å². The van der Waals surface area contributed by atoms with E-state index in [2.05, 4.69) is 11.7 Å². The van der Waals surface area contributed by atoms with Crippen LogP contribution in [0.2, 0.25) is 0 Å². The molecule has 3 nitrogen and oxygen atoms in total. The van der Waals surface area contributed by atoms with E-state index >= 15 is 0 Å². The summed E-state index contributed by atoms with van der Waals surface area (Å²) in [7, 11) is 0. The van der Waals surface area contributed by atoms with Crippen LogP contribution < -0.4 is 0 Å². The Labute approximate surface area is 71.4 Å². The lowest BCUT2D eigenvalue weighted by molar-refractivity contribution is -0.133. The van der Waals surface area contributed by atoms with Crippen molar-refractivity contribution in [2.24, 2.45) is 11.3 Å². The lowest BCUT2D eigenvalue weighted by Gasteiger charge is -2.31. The molecule has 2 saturated carbocycles. The topological polar surface area (TPSA) is 53.5 Å². The molecule has 2 aliphatic rings. The van der Waals surface area contributed by atoms with Crippen molar-refractivity contribution in [3.63, 3.8) is 0 Å². The smallest absolute Gasteiger partial charge is 0.336 e. The van der Waals surface area contributed by atoms with Crippen molar-refractivity contribution in [1.29, 1.82) is 0 Å². The summed E-state index contributed by atoms with van der Waals surface area (Å²) in [5, 5.41) is 0. The van der Waals surface area contributed by atoms with Crippen LogP contribution in [0.15, 0.2) is 0 Å². The summed E-state index contributed by atoms with van der Waals surface area (Å²) in [4.78, 5) is 14.5. The van der Waals surface area contributed by atoms with Gasteiger partial charge in [-0.25, -0.2) is 0 Å². The summed E-state index contributed by atoms with van der Waals surface area (Å²) in [6, 6.07) is 0. The molecule has 0 bridgehead atoms. The predicted octanol–water partition coefficient (Wildman–Crippen LogP) is 1.44. The Morgan fingerprint density at radius 2 is 2.42 bits per heavy atom. The molecule has 0 radical (unpaired) electrons. The third-order valence-electron chi connectivity index (χ3n) is 3.23. The predicted molar refractivity (Wildman–Crippen MR) is 43.7 cm³/mol. The van der Waals surface area contributed by atoms with Gasteiger partial charge in [0.2, 0.25) is 5.78 Å². The molecule has 0 aromatic heterocycles. The van der Waals surface area contributed by atoms with Gasteiger partial charge in [-0.2, -0.15) is 4.79 Å². The first kappa shape index (κ1) is 7.69. The van der Waals surface area contributed by atoms with Gasteiger partial charge >= 0.3 is 5.71 Å². The number of hydrogen-bond acceptors (Lipinski definition) is 1. The first-order valence-corrected chi connectivity index (χ1v) is 4.44. The molecule has 3 heteroatoms. The quantitative estimate of drug-likeness (QED) is 0.394. The fourth-order valence-corrected chi connectivity index (χ4v) is 2.52. The van der Waals surface area contributed by atoms with E-state index in [4.69, 9.17) is 5.53 Å². The largest absolute Gasteiger partial charge is 0.361 e. The highest BCUT2D eigenvalue weighted by Crippen LogP contribution is 2.50. The van der Waals surface area contributed by atoms with Crippen LogP contribution in [0.4, 0.5) is 0 Å². The fraction of sp³-hybridized carbons (Fsp3) is 0.778. The molecule has 0 aromatic carbocycles. The Kier molecular flexibility index (Phi) is 1.45. The van der Waals surface area contributed by atoms with Gasteiger partial charge in [0.05, 0.1) is 11.8 Å². The Bertz CT molecular complexity index is 291. The van der Waals surface area contributed by atoms with E-state index in [-0.39, 0.29) is 11.2 Å². The van der Waals surface area contributed by atoms with Crippen molar-refractivity contribution in [3.05, 3.63) is 5.53 Å². The van der Waals surface area contributed by atoms with Crippen molar-refractivity contribution < 1.29 is 9.58 Å². The highest BCUT2D eigenvalue weighted by molar-refractivity contribution is 6.46. The van der Waals surface area contributed by atoms with Gasteiger partial charge in [0.15, 0.2) is 0 Å². The molecule has 0 aliphatic heterocycles. The minimum Gasteiger partial charge on any atom is -0.361 e. The highest BCUT2D eigenvalue weighted by atomic mass is 16.1. The van der Waals surface area contributed by atoms with Gasteiger partial charge in [0.1, 0.15) is 0 Å². The van der Waals surface area contributed by atoms with E-state index in [1.54, 1.807) is 0 Å². The van der Waals surface area contributed by atoms with Crippen LogP contribution in [-0.2, 0) is 4.79 Å². The second kappa shape index (κ2) is 2.27. The summed E-state index contributed by atoms with van der Waals surface area (Å²) >= 11 is 0. The second-order valence-corrected chi connectivity index (χ2v) is 4.18. The Morgan fingerprint density at radius 3 is 2.83 bits per heavy atom. The maximum Gasteiger partial charge on any atom is 0.336 e. The van der Waals surface area contributed by atoms with Crippen LogP contribution in [0.1, 0.15) is 32.6 Å². The van der Waals surface area contributed by atoms with E-state index in [0.717, 1.165) is 19.3 Å². The van der Waals surface area contributed by atoms with Crippen LogP contribution in [0, 0.1) is 11.3 Å². The molecule has 2 rings (SSSR count). The van der Waals surface area contributed by atoms with Gasteiger partial charge in [-0.1, -0.05) is 6.92 Å². The Hall–Kier alpha value is -0.950. The fourth-order valence-electron chi connectivity index (χ4n) is 2.52. The average Bonchev–Trinajstić information content (AvgIpc) is 2.45. The zero-order chi connectivity index (χ0) is 8.77. The van der Waals surface area contributed by atoms with Crippen LogP contribution in [-0.4, -0.2) is 16.3 Å². The number of rotatable bonds is 0. The standard InChI is InChI=1S/C9H12N2O/c1-6-2-3-9(4-6)5-7(11-10)8(9)12/h6H,2-5H2,1H3. The average molecular weight is 164 g/mol. The van der Waals surface area contributed by atoms with Crippen molar-refractivity contribution >= 4 is 11.5 Å². The molecule has 64 valence electrons. The highest BCUT2D eigenvalue weighted by Gasteiger charge is 2.59. The second-order valence-electron chi connectivity index (χ2n) is 4.18. The minimum atomic E-state index is -0.110. The molecule has 0 amide bonds. The van der Waals surface area contributed by atoms with E-state index in [1.165, 1.54) is 0 Å². The van der Waals surface area contributed by atoms with Gasteiger partial charge in [0, 0.05) is 0 Å². The van der Waals surface area contributed by atoms with Crippen LogP contribution in [0.5, 0.6) is 0 Å². The molecule has 1 spiro atoms. The molecule has 0 aromatic rings. The molecule has 2 aliphatic carbocycles. The number of Topliss-reactive ketones (excluding diaryl/α,β-unsaturated/α-hetero) is 1. The molecular formula is C9H12N2O. The number of ketones is 1. The maximum absolute atomic E-state index is 11.5. The van der Waals surface area contributed by atoms with Crippen LogP contribution >= 0.6 is 0 Å². The summed E-state index contributed by atoms with van der Waals surface area (Å²) in [5.41, 5.74) is 8.70. The van der Waals surface area contributed by atoms with Gasteiger partial charge in [-0.05, 0) is 25.2 Å². The number of carbonyl (C=O) groups excluding carboxylic acids is 1. The molecule has 2 unspecified atom stereocenters.